The summed E-state index contributed by atoms with van der Waals surface area (Å²) in [6.45, 7) is 3.72. The molecule has 4 rings (SSSR count). The maximum absolute atomic E-state index is 12.9. The van der Waals surface area contributed by atoms with E-state index < -0.39 is 0 Å². The summed E-state index contributed by atoms with van der Waals surface area (Å²) in [6.07, 6.45) is 6.99. The number of thioether (sulfide) groups is 1. The van der Waals surface area contributed by atoms with Crippen LogP contribution in [0.25, 0.3) is 0 Å². The standard InChI is InChI=1S/C18H21N3OS/c1-13-10-19-21(11-13)15-6-4-8-20(12-15)18(22)17-9-14-5-2-3-7-16(14)23-17/h2-3,5,7,10-11,15,17H,4,6,8-9,12H2,1H3. The highest BCUT2D eigenvalue weighted by atomic mass is 32.2. The molecule has 1 aromatic heterocycles. The third-order valence-corrected chi connectivity index (χ3v) is 6.04. The second-order valence-electron chi connectivity index (χ2n) is 6.50. The molecule has 1 amide bonds. The summed E-state index contributed by atoms with van der Waals surface area (Å²) in [6, 6.07) is 8.69. The number of likely N-dealkylation sites (tertiary alicyclic amines) is 1. The first-order valence-corrected chi connectivity index (χ1v) is 9.13. The average molecular weight is 327 g/mol. The van der Waals surface area contributed by atoms with E-state index in [9.17, 15) is 4.79 Å². The summed E-state index contributed by atoms with van der Waals surface area (Å²) < 4.78 is 2.03. The molecule has 0 saturated carbocycles. The van der Waals surface area contributed by atoms with Crippen LogP contribution in [0.1, 0.15) is 30.0 Å². The van der Waals surface area contributed by atoms with Crippen molar-refractivity contribution in [3.63, 3.8) is 0 Å². The van der Waals surface area contributed by atoms with Gasteiger partial charge < -0.3 is 4.90 Å². The van der Waals surface area contributed by atoms with E-state index in [-0.39, 0.29) is 5.25 Å². The Bertz CT molecular complexity index is 702. The molecule has 0 aliphatic carbocycles. The molecule has 2 aliphatic rings. The van der Waals surface area contributed by atoms with Gasteiger partial charge in [0.2, 0.25) is 5.91 Å². The van der Waals surface area contributed by atoms with Crippen LogP contribution in [0, 0.1) is 6.92 Å². The number of benzene rings is 1. The summed E-state index contributed by atoms with van der Waals surface area (Å²) in [7, 11) is 0. The molecule has 1 saturated heterocycles. The molecule has 2 unspecified atom stereocenters. The van der Waals surface area contributed by atoms with E-state index in [1.54, 1.807) is 11.8 Å². The van der Waals surface area contributed by atoms with E-state index in [2.05, 4.69) is 47.4 Å². The van der Waals surface area contributed by atoms with Crippen LogP contribution < -0.4 is 0 Å². The molecule has 4 nitrogen and oxygen atoms in total. The summed E-state index contributed by atoms with van der Waals surface area (Å²) in [4.78, 5) is 16.2. The average Bonchev–Trinajstić information content (AvgIpc) is 3.20. The van der Waals surface area contributed by atoms with Crippen LogP contribution in [0.15, 0.2) is 41.6 Å². The highest BCUT2D eigenvalue weighted by Crippen LogP contribution is 2.38. The lowest BCUT2D eigenvalue weighted by Crippen LogP contribution is -2.44. The quantitative estimate of drug-likeness (QED) is 0.851. The van der Waals surface area contributed by atoms with Gasteiger partial charge in [-0.3, -0.25) is 9.48 Å². The number of fused-ring (bicyclic) bond motifs is 1. The molecule has 0 bridgehead atoms. The van der Waals surface area contributed by atoms with E-state index >= 15 is 0 Å². The van der Waals surface area contributed by atoms with Crippen molar-refractivity contribution in [2.24, 2.45) is 0 Å². The van der Waals surface area contributed by atoms with Gasteiger partial charge in [-0.25, -0.2) is 0 Å². The van der Waals surface area contributed by atoms with Gasteiger partial charge in [0.15, 0.2) is 0 Å². The normalized spacial score (nSPS) is 23.8. The first-order valence-electron chi connectivity index (χ1n) is 8.25. The molecule has 0 spiro atoms. The van der Waals surface area contributed by atoms with E-state index in [0.29, 0.717) is 11.9 Å². The van der Waals surface area contributed by atoms with Gasteiger partial charge in [-0.2, -0.15) is 5.10 Å². The van der Waals surface area contributed by atoms with Crippen molar-refractivity contribution in [1.29, 1.82) is 0 Å². The van der Waals surface area contributed by atoms with Gasteiger partial charge in [0.1, 0.15) is 0 Å². The summed E-state index contributed by atoms with van der Waals surface area (Å²) in [5.41, 5.74) is 2.49. The lowest BCUT2D eigenvalue weighted by atomic mass is 10.0. The van der Waals surface area contributed by atoms with Crippen molar-refractivity contribution >= 4 is 17.7 Å². The highest BCUT2D eigenvalue weighted by Gasteiger charge is 2.34. The first-order chi connectivity index (χ1) is 11.2. The van der Waals surface area contributed by atoms with E-state index in [1.165, 1.54) is 16.0 Å². The number of rotatable bonds is 2. The fourth-order valence-corrected chi connectivity index (χ4v) is 4.81. The minimum Gasteiger partial charge on any atom is -0.340 e. The number of carbonyl (C=O) groups excluding carboxylic acids is 1. The third kappa shape index (κ3) is 2.90. The SMILES string of the molecule is Cc1cnn(C2CCCN(C(=O)C3Cc4ccccc4S3)C2)c1. The Hall–Kier alpha value is -1.75. The number of nitrogens with zero attached hydrogens (tertiary/aromatic N) is 3. The molecule has 0 N–H and O–H groups in total. The molecule has 3 heterocycles. The van der Waals surface area contributed by atoms with Crippen LogP contribution in [0.4, 0.5) is 0 Å². The van der Waals surface area contributed by atoms with Crippen molar-refractivity contribution in [3.8, 4) is 0 Å². The van der Waals surface area contributed by atoms with Crippen molar-refractivity contribution in [3.05, 3.63) is 47.8 Å². The van der Waals surface area contributed by atoms with Gasteiger partial charge in [0.25, 0.3) is 0 Å². The Morgan fingerprint density at radius 2 is 2.22 bits per heavy atom. The maximum atomic E-state index is 12.9. The highest BCUT2D eigenvalue weighted by molar-refractivity contribution is 8.01. The van der Waals surface area contributed by atoms with Crippen LogP contribution in [-0.2, 0) is 11.2 Å². The zero-order valence-corrected chi connectivity index (χ0v) is 14.1. The predicted octanol–water partition coefficient (Wildman–Crippen LogP) is 3.07. The second kappa shape index (κ2) is 6.04. The molecular weight excluding hydrogens is 306 g/mol. The van der Waals surface area contributed by atoms with Crippen molar-refractivity contribution in [2.45, 2.75) is 42.4 Å². The van der Waals surface area contributed by atoms with Gasteiger partial charge in [0, 0.05) is 24.2 Å². The van der Waals surface area contributed by atoms with Crippen molar-refractivity contribution < 1.29 is 4.79 Å². The molecule has 2 aliphatic heterocycles. The number of aromatic nitrogens is 2. The van der Waals surface area contributed by atoms with Crippen LogP contribution in [0.5, 0.6) is 0 Å². The number of carbonyl (C=O) groups is 1. The smallest absolute Gasteiger partial charge is 0.236 e. The minimum absolute atomic E-state index is 0.0468. The largest absolute Gasteiger partial charge is 0.340 e. The Morgan fingerprint density at radius 1 is 1.35 bits per heavy atom. The summed E-state index contributed by atoms with van der Waals surface area (Å²) in [5, 5.41) is 4.48. The van der Waals surface area contributed by atoms with E-state index in [1.807, 2.05) is 10.9 Å². The lowest BCUT2D eigenvalue weighted by Gasteiger charge is -2.34. The molecule has 0 radical (unpaired) electrons. The molecule has 5 heteroatoms. The van der Waals surface area contributed by atoms with Gasteiger partial charge >= 0.3 is 0 Å². The monoisotopic (exact) mass is 327 g/mol. The molecule has 23 heavy (non-hydrogen) atoms. The third-order valence-electron chi connectivity index (χ3n) is 4.74. The number of aryl methyl sites for hydroxylation is 1. The molecule has 2 atom stereocenters. The molecule has 1 aromatic carbocycles. The zero-order chi connectivity index (χ0) is 15.8. The van der Waals surface area contributed by atoms with Crippen LogP contribution in [0.3, 0.4) is 0 Å². The lowest BCUT2D eigenvalue weighted by molar-refractivity contribution is -0.132. The van der Waals surface area contributed by atoms with Crippen LogP contribution in [0.2, 0.25) is 0 Å². The topological polar surface area (TPSA) is 38.1 Å². The molecule has 2 aromatic rings. The maximum Gasteiger partial charge on any atom is 0.236 e. The van der Waals surface area contributed by atoms with E-state index in [4.69, 9.17) is 0 Å². The summed E-state index contributed by atoms with van der Waals surface area (Å²) in [5.74, 6) is 0.291. The van der Waals surface area contributed by atoms with E-state index in [0.717, 1.165) is 32.4 Å². The fourth-order valence-electron chi connectivity index (χ4n) is 3.53. The van der Waals surface area contributed by atoms with Crippen LogP contribution >= 0.6 is 11.8 Å². The van der Waals surface area contributed by atoms with Gasteiger partial charge in [-0.15, -0.1) is 11.8 Å². The summed E-state index contributed by atoms with van der Waals surface area (Å²) >= 11 is 1.73. The molecule has 120 valence electrons. The Balaban J connectivity index is 1.45. The minimum atomic E-state index is 0.0468. The van der Waals surface area contributed by atoms with Crippen molar-refractivity contribution in [2.75, 3.05) is 13.1 Å². The van der Waals surface area contributed by atoms with Crippen molar-refractivity contribution in [1.82, 2.24) is 14.7 Å². The predicted molar refractivity (Wildman–Crippen MR) is 91.6 cm³/mol. The fraction of sp³-hybridized carbons (Fsp3) is 0.444. The Morgan fingerprint density at radius 3 is 3.00 bits per heavy atom. The molecular formula is C18H21N3OS. The number of amides is 1. The first kappa shape index (κ1) is 14.8. The zero-order valence-electron chi connectivity index (χ0n) is 13.3. The van der Waals surface area contributed by atoms with Crippen LogP contribution in [-0.4, -0.2) is 38.9 Å². The Kier molecular flexibility index (Phi) is 3.89. The van der Waals surface area contributed by atoms with Gasteiger partial charge in [0.05, 0.1) is 17.5 Å². The Labute approximate surface area is 140 Å². The van der Waals surface area contributed by atoms with Gasteiger partial charge in [-0.1, -0.05) is 18.2 Å². The van der Waals surface area contributed by atoms with Gasteiger partial charge in [-0.05, 0) is 43.4 Å². The second-order valence-corrected chi connectivity index (χ2v) is 7.74. The molecule has 1 fully saturated rings. The number of piperidine rings is 1. The number of hydrogen-bond donors (Lipinski definition) is 0. The number of hydrogen-bond acceptors (Lipinski definition) is 3.